The summed E-state index contributed by atoms with van der Waals surface area (Å²) in [6, 6.07) is 0. The summed E-state index contributed by atoms with van der Waals surface area (Å²) in [5.41, 5.74) is 0.996. The monoisotopic (exact) mass is 236 g/mol. The minimum atomic E-state index is -0.382. The highest BCUT2D eigenvalue weighted by molar-refractivity contribution is 6.03. The summed E-state index contributed by atoms with van der Waals surface area (Å²) < 4.78 is 10.00. The van der Waals surface area contributed by atoms with Crippen molar-refractivity contribution in [2.75, 3.05) is 13.2 Å². The van der Waals surface area contributed by atoms with Gasteiger partial charge in [0.25, 0.3) is 0 Å². The van der Waals surface area contributed by atoms with Crippen LogP contribution in [0.5, 0.6) is 0 Å². The van der Waals surface area contributed by atoms with Crippen molar-refractivity contribution < 1.29 is 19.1 Å². The van der Waals surface area contributed by atoms with Crippen LogP contribution >= 0.6 is 0 Å². The van der Waals surface area contributed by atoms with Crippen LogP contribution in [0.4, 0.5) is 0 Å². The van der Waals surface area contributed by atoms with E-state index in [2.05, 4.69) is 0 Å². The third-order valence-corrected chi connectivity index (χ3v) is 3.11. The smallest absolute Gasteiger partial charge is 0.335 e. The molecule has 4 nitrogen and oxygen atoms in total. The summed E-state index contributed by atoms with van der Waals surface area (Å²) in [5.74, 6) is -0.711. The molecule has 0 amide bonds. The lowest BCUT2D eigenvalue weighted by Gasteiger charge is -2.13. The molecular formula is C13H16O4. The Bertz CT molecular complexity index is 370. The Labute approximate surface area is 100 Å². The van der Waals surface area contributed by atoms with Crippen LogP contribution in [0.25, 0.3) is 0 Å². The van der Waals surface area contributed by atoms with Gasteiger partial charge in [-0.25, -0.2) is 9.59 Å². The molecule has 0 aromatic carbocycles. The zero-order valence-corrected chi connectivity index (χ0v) is 10.1. The van der Waals surface area contributed by atoms with Crippen molar-refractivity contribution in [3.8, 4) is 0 Å². The van der Waals surface area contributed by atoms with E-state index in [9.17, 15) is 9.59 Å². The molecule has 0 fully saturated rings. The Morgan fingerprint density at radius 2 is 1.47 bits per heavy atom. The average Bonchev–Trinajstić information content (AvgIpc) is 2.89. The molecule has 2 atom stereocenters. The molecule has 2 aliphatic rings. The number of ether oxygens (including phenoxy) is 2. The molecule has 0 aliphatic heterocycles. The lowest BCUT2D eigenvalue weighted by molar-refractivity contribution is -0.142. The number of carbonyl (C=O) groups excluding carboxylic acids is 2. The topological polar surface area (TPSA) is 52.6 Å². The van der Waals surface area contributed by atoms with Crippen LogP contribution in [0, 0.1) is 11.8 Å². The van der Waals surface area contributed by atoms with Crippen molar-refractivity contribution in [3.63, 3.8) is 0 Å². The Kier molecular flexibility index (Phi) is 3.31. The van der Waals surface area contributed by atoms with E-state index < -0.39 is 0 Å². The predicted octanol–water partition coefficient (Wildman–Crippen LogP) is 1.62. The van der Waals surface area contributed by atoms with Crippen molar-refractivity contribution >= 4 is 11.9 Å². The maximum absolute atomic E-state index is 11.8. The number of allylic oxidation sites excluding steroid dienone is 2. The van der Waals surface area contributed by atoms with Gasteiger partial charge < -0.3 is 9.47 Å². The first kappa shape index (κ1) is 11.9. The van der Waals surface area contributed by atoms with Crippen molar-refractivity contribution in [2.24, 2.45) is 11.8 Å². The second-order valence-corrected chi connectivity index (χ2v) is 4.10. The van der Waals surface area contributed by atoms with Crippen molar-refractivity contribution in [1.29, 1.82) is 0 Å². The molecule has 0 saturated carbocycles. The molecule has 2 bridgehead atoms. The maximum Gasteiger partial charge on any atom is 0.335 e. The SMILES string of the molecule is CCOC(=O)C1=C(C(=O)OCC)[C@H]2C=C[C@@H]1C2. The molecule has 0 spiro atoms. The highest BCUT2D eigenvalue weighted by Crippen LogP contribution is 2.44. The van der Waals surface area contributed by atoms with Gasteiger partial charge >= 0.3 is 11.9 Å². The van der Waals surface area contributed by atoms with Gasteiger partial charge in [0.15, 0.2) is 0 Å². The molecule has 0 aromatic rings. The molecule has 0 unspecified atom stereocenters. The molecule has 4 heteroatoms. The molecule has 0 heterocycles. The Morgan fingerprint density at radius 3 is 1.82 bits per heavy atom. The standard InChI is InChI=1S/C13H16O4/c1-3-16-12(14)10-8-5-6-9(7-8)11(10)13(15)17-4-2/h5-6,8-9H,3-4,7H2,1-2H3/t8-,9+. The number of rotatable bonds is 4. The lowest BCUT2D eigenvalue weighted by Crippen LogP contribution is -2.19. The van der Waals surface area contributed by atoms with Crippen molar-refractivity contribution in [1.82, 2.24) is 0 Å². The summed E-state index contributed by atoms with van der Waals surface area (Å²) in [4.78, 5) is 23.7. The van der Waals surface area contributed by atoms with Crippen LogP contribution < -0.4 is 0 Å². The second kappa shape index (κ2) is 4.73. The van der Waals surface area contributed by atoms with Gasteiger partial charge in [-0.15, -0.1) is 0 Å². The van der Waals surface area contributed by atoms with Gasteiger partial charge in [-0.2, -0.15) is 0 Å². The number of fused-ring (bicyclic) bond motifs is 2. The quantitative estimate of drug-likeness (QED) is 0.549. The van der Waals surface area contributed by atoms with Crippen LogP contribution in [-0.4, -0.2) is 25.2 Å². The summed E-state index contributed by atoms with van der Waals surface area (Å²) in [5, 5.41) is 0. The number of hydrogen-bond acceptors (Lipinski definition) is 4. The molecule has 0 radical (unpaired) electrons. The van der Waals surface area contributed by atoms with Crippen LogP contribution in [-0.2, 0) is 19.1 Å². The van der Waals surface area contributed by atoms with Crippen LogP contribution in [0.15, 0.2) is 23.3 Å². The first-order valence-corrected chi connectivity index (χ1v) is 5.95. The summed E-state index contributed by atoms with van der Waals surface area (Å²) in [6.45, 7) is 4.15. The first-order valence-electron chi connectivity index (χ1n) is 5.95. The predicted molar refractivity (Wildman–Crippen MR) is 61.0 cm³/mol. The molecule has 17 heavy (non-hydrogen) atoms. The van der Waals surface area contributed by atoms with E-state index in [1.807, 2.05) is 12.2 Å². The number of esters is 2. The van der Waals surface area contributed by atoms with Gasteiger partial charge in [0.1, 0.15) is 0 Å². The van der Waals surface area contributed by atoms with Crippen LogP contribution in [0.3, 0.4) is 0 Å². The molecule has 2 aliphatic carbocycles. The fourth-order valence-corrected chi connectivity index (χ4v) is 2.47. The Morgan fingerprint density at radius 1 is 1.06 bits per heavy atom. The van der Waals surface area contributed by atoms with E-state index in [4.69, 9.17) is 9.47 Å². The zero-order chi connectivity index (χ0) is 12.4. The van der Waals surface area contributed by atoms with E-state index >= 15 is 0 Å². The van der Waals surface area contributed by atoms with E-state index in [0.29, 0.717) is 24.4 Å². The fraction of sp³-hybridized carbons (Fsp3) is 0.538. The Hall–Kier alpha value is -1.58. The minimum absolute atomic E-state index is 0.0263. The highest BCUT2D eigenvalue weighted by atomic mass is 16.5. The van der Waals surface area contributed by atoms with Gasteiger partial charge in [-0.3, -0.25) is 0 Å². The number of carbonyl (C=O) groups is 2. The van der Waals surface area contributed by atoms with Gasteiger partial charge in [-0.1, -0.05) is 12.2 Å². The van der Waals surface area contributed by atoms with Crippen LogP contribution in [0.2, 0.25) is 0 Å². The molecule has 0 saturated heterocycles. The molecule has 92 valence electrons. The summed E-state index contributed by atoms with van der Waals surface area (Å²) in [6.07, 6.45) is 4.74. The first-order chi connectivity index (χ1) is 8.19. The minimum Gasteiger partial charge on any atom is -0.463 e. The van der Waals surface area contributed by atoms with Gasteiger partial charge in [0, 0.05) is 11.8 Å². The largest absolute Gasteiger partial charge is 0.463 e. The summed E-state index contributed by atoms with van der Waals surface area (Å²) in [7, 11) is 0. The average molecular weight is 236 g/mol. The van der Waals surface area contributed by atoms with Crippen molar-refractivity contribution in [3.05, 3.63) is 23.3 Å². The number of hydrogen-bond donors (Lipinski definition) is 0. The van der Waals surface area contributed by atoms with Gasteiger partial charge in [0.05, 0.1) is 24.4 Å². The molecular weight excluding hydrogens is 220 g/mol. The van der Waals surface area contributed by atoms with Crippen LogP contribution in [0.1, 0.15) is 20.3 Å². The van der Waals surface area contributed by atoms with E-state index in [1.54, 1.807) is 13.8 Å². The normalized spacial score (nSPS) is 25.3. The van der Waals surface area contributed by atoms with Gasteiger partial charge in [0.2, 0.25) is 0 Å². The second-order valence-electron chi connectivity index (χ2n) is 4.10. The Balaban J connectivity index is 2.28. The maximum atomic E-state index is 11.8. The summed E-state index contributed by atoms with van der Waals surface area (Å²) >= 11 is 0. The highest BCUT2D eigenvalue weighted by Gasteiger charge is 2.42. The van der Waals surface area contributed by atoms with E-state index in [0.717, 1.165) is 6.42 Å². The molecule has 2 rings (SSSR count). The zero-order valence-electron chi connectivity index (χ0n) is 10.1. The van der Waals surface area contributed by atoms with Crippen molar-refractivity contribution in [2.45, 2.75) is 20.3 Å². The van der Waals surface area contributed by atoms with E-state index in [1.165, 1.54) is 0 Å². The third kappa shape index (κ3) is 1.99. The third-order valence-electron chi connectivity index (χ3n) is 3.11. The molecule has 0 N–H and O–H groups in total. The lowest BCUT2D eigenvalue weighted by atomic mass is 9.97. The fourth-order valence-electron chi connectivity index (χ4n) is 2.47. The van der Waals surface area contributed by atoms with Gasteiger partial charge in [-0.05, 0) is 20.3 Å². The molecule has 0 aromatic heterocycles. The van der Waals surface area contributed by atoms with E-state index in [-0.39, 0.29) is 23.8 Å².